The van der Waals surface area contributed by atoms with E-state index in [0.29, 0.717) is 18.6 Å². The van der Waals surface area contributed by atoms with Gasteiger partial charge in [0.25, 0.3) is 0 Å². The molecule has 1 fully saturated rings. The summed E-state index contributed by atoms with van der Waals surface area (Å²) in [6.45, 7) is 5.85. The minimum Gasteiger partial charge on any atom is -0.371 e. The molecule has 1 saturated heterocycles. The van der Waals surface area contributed by atoms with Crippen LogP contribution in [0.4, 0.5) is 4.39 Å². The molecule has 0 aliphatic carbocycles. The molecule has 1 heterocycles. The quantitative estimate of drug-likeness (QED) is 0.908. The fourth-order valence-corrected chi connectivity index (χ4v) is 2.46. The van der Waals surface area contributed by atoms with E-state index >= 15 is 0 Å². The predicted molar refractivity (Wildman–Crippen MR) is 71.3 cm³/mol. The SMILES string of the molecule is CC(C)CC1COC(c2ccc(F)c(Cl)c2)CN1. The molecule has 1 aliphatic rings. The van der Waals surface area contributed by atoms with Crippen LogP contribution in [0, 0.1) is 11.7 Å². The molecule has 1 N–H and O–H groups in total. The normalized spacial score (nSPS) is 24.5. The van der Waals surface area contributed by atoms with Gasteiger partial charge in [0.15, 0.2) is 0 Å². The Morgan fingerprint density at radius 3 is 2.83 bits per heavy atom. The Kier molecular flexibility index (Phi) is 4.60. The maximum Gasteiger partial charge on any atom is 0.141 e. The van der Waals surface area contributed by atoms with Crippen molar-refractivity contribution in [2.24, 2.45) is 5.92 Å². The van der Waals surface area contributed by atoms with Gasteiger partial charge in [-0.1, -0.05) is 31.5 Å². The summed E-state index contributed by atoms with van der Waals surface area (Å²) in [6.07, 6.45) is 1.07. The summed E-state index contributed by atoms with van der Waals surface area (Å²) in [6, 6.07) is 5.18. The van der Waals surface area contributed by atoms with Crippen molar-refractivity contribution in [1.82, 2.24) is 5.32 Å². The number of morpholine rings is 1. The molecule has 2 atom stereocenters. The topological polar surface area (TPSA) is 21.3 Å². The van der Waals surface area contributed by atoms with Gasteiger partial charge in [-0.3, -0.25) is 0 Å². The van der Waals surface area contributed by atoms with Crippen LogP contribution in [0.25, 0.3) is 0 Å². The molecular formula is C14H19ClFNO. The van der Waals surface area contributed by atoms with E-state index in [1.165, 1.54) is 6.07 Å². The van der Waals surface area contributed by atoms with Gasteiger partial charge in [0.1, 0.15) is 5.82 Å². The number of nitrogens with one attached hydrogen (secondary N) is 1. The predicted octanol–water partition coefficient (Wildman–Crippen LogP) is 3.55. The molecule has 0 bridgehead atoms. The molecule has 0 saturated carbocycles. The van der Waals surface area contributed by atoms with E-state index in [9.17, 15) is 4.39 Å². The molecule has 1 aromatic carbocycles. The highest BCUT2D eigenvalue weighted by molar-refractivity contribution is 6.30. The van der Waals surface area contributed by atoms with Gasteiger partial charge in [-0.15, -0.1) is 0 Å². The van der Waals surface area contributed by atoms with Gasteiger partial charge in [-0.25, -0.2) is 4.39 Å². The third kappa shape index (κ3) is 3.44. The summed E-state index contributed by atoms with van der Waals surface area (Å²) < 4.78 is 18.9. The summed E-state index contributed by atoms with van der Waals surface area (Å²) >= 11 is 5.78. The van der Waals surface area contributed by atoms with Crippen LogP contribution in [-0.2, 0) is 4.74 Å². The monoisotopic (exact) mass is 271 g/mol. The first kappa shape index (κ1) is 13.8. The fourth-order valence-electron chi connectivity index (χ4n) is 2.27. The molecule has 18 heavy (non-hydrogen) atoms. The van der Waals surface area contributed by atoms with Crippen molar-refractivity contribution in [3.63, 3.8) is 0 Å². The zero-order chi connectivity index (χ0) is 13.1. The van der Waals surface area contributed by atoms with Crippen LogP contribution >= 0.6 is 11.6 Å². The first-order valence-electron chi connectivity index (χ1n) is 6.36. The van der Waals surface area contributed by atoms with E-state index < -0.39 is 0 Å². The van der Waals surface area contributed by atoms with Gasteiger partial charge in [0.2, 0.25) is 0 Å². The molecule has 1 aliphatic heterocycles. The number of rotatable bonds is 3. The lowest BCUT2D eigenvalue weighted by molar-refractivity contribution is -0.00133. The molecule has 0 amide bonds. The number of halogens is 2. The molecular weight excluding hydrogens is 253 g/mol. The lowest BCUT2D eigenvalue weighted by atomic mass is 10.0. The largest absolute Gasteiger partial charge is 0.371 e. The lowest BCUT2D eigenvalue weighted by Crippen LogP contribution is -2.43. The second-order valence-electron chi connectivity index (χ2n) is 5.23. The Morgan fingerprint density at radius 1 is 1.50 bits per heavy atom. The molecule has 100 valence electrons. The molecule has 2 nitrogen and oxygen atoms in total. The smallest absolute Gasteiger partial charge is 0.141 e. The van der Waals surface area contributed by atoms with Crippen molar-refractivity contribution >= 4 is 11.6 Å². The number of hydrogen-bond donors (Lipinski definition) is 1. The van der Waals surface area contributed by atoms with Crippen LogP contribution in [0.2, 0.25) is 5.02 Å². The first-order chi connectivity index (χ1) is 8.56. The Hall–Kier alpha value is -0.640. The van der Waals surface area contributed by atoms with Gasteiger partial charge in [-0.2, -0.15) is 0 Å². The molecule has 1 aromatic rings. The summed E-state index contributed by atoms with van der Waals surface area (Å²) in [5.74, 6) is 0.268. The van der Waals surface area contributed by atoms with Crippen LogP contribution in [0.15, 0.2) is 18.2 Å². The van der Waals surface area contributed by atoms with Gasteiger partial charge >= 0.3 is 0 Å². The van der Waals surface area contributed by atoms with E-state index in [1.54, 1.807) is 12.1 Å². The van der Waals surface area contributed by atoms with Gasteiger partial charge in [-0.05, 0) is 30.0 Å². The highest BCUT2D eigenvalue weighted by Crippen LogP contribution is 2.25. The first-order valence-corrected chi connectivity index (χ1v) is 6.74. The molecule has 0 radical (unpaired) electrons. The van der Waals surface area contributed by atoms with E-state index in [-0.39, 0.29) is 16.9 Å². The van der Waals surface area contributed by atoms with Crippen LogP contribution in [0.1, 0.15) is 31.9 Å². The van der Waals surface area contributed by atoms with Crippen molar-refractivity contribution in [2.75, 3.05) is 13.2 Å². The van der Waals surface area contributed by atoms with Crippen molar-refractivity contribution in [1.29, 1.82) is 0 Å². The van der Waals surface area contributed by atoms with Gasteiger partial charge < -0.3 is 10.1 Å². The van der Waals surface area contributed by atoms with Gasteiger partial charge in [0, 0.05) is 12.6 Å². The average Bonchev–Trinajstić information content (AvgIpc) is 2.33. The second kappa shape index (κ2) is 6.00. The molecule has 4 heteroatoms. The minimum atomic E-state index is -0.387. The number of hydrogen-bond acceptors (Lipinski definition) is 2. The Labute approximate surface area is 112 Å². The van der Waals surface area contributed by atoms with Crippen LogP contribution in [0.5, 0.6) is 0 Å². The highest BCUT2D eigenvalue weighted by Gasteiger charge is 2.23. The van der Waals surface area contributed by atoms with Gasteiger partial charge in [0.05, 0.1) is 17.7 Å². The van der Waals surface area contributed by atoms with Crippen LogP contribution in [-0.4, -0.2) is 19.2 Å². The molecule has 0 spiro atoms. The third-order valence-corrected chi connectivity index (χ3v) is 3.45. The third-order valence-electron chi connectivity index (χ3n) is 3.16. The maximum atomic E-state index is 13.1. The fraction of sp³-hybridized carbons (Fsp3) is 0.571. The van der Waals surface area contributed by atoms with Crippen LogP contribution in [0.3, 0.4) is 0 Å². The lowest BCUT2D eigenvalue weighted by Gasteiger charge is -2.31. The Bertz CT molecular complexity index is 403. The van der Waals surface area contributed by atoms with Crippen molar-refractivity contribution in [3.05, 3.63) is 34.6 Å². The van der Waals surface area contributed by atoms with E-state index in [4.69, 9.17) is 16.3 Å². The highest BCUT2D eigenvalue weighted by atomic mass is 35.5. The van der Waals surface area contributed by atoms with Crippen molar-refractivity contribution in [3.8, 4) is 0 Å². The summed E-state index contributed by atoms with van der Waals surface area (Å²) in [4.78, 5) is 0. The molecule has 2 rings (SSSR count). The maximum absolute atomic E-state index is 13.1. The number of benzene rings is 1. The summed E-state index contributed by atoms with van der Waals surface area (Å²) in [7, 11) is 0. The second-order valence-corrected chi connectivity index (χ2v) is 5.64. The Balaban J connectivity index is 1.94. The van der Waals surface area contributed by atoms with E-state index in [2.05, 4.69) is 19.2 Å². The molecule has 0 aromatic heterocycles. The van der Waals surface area contributed by atoms with Crippen molar-refractivity contribution < 1.29 is 9.13 Å². The average molecular weight is 272 g/mol. The summed E-state index contributed by atoms with van der Waals surface area (Å²) in [5.41, 5.74) is 0.928. The van der Waals surface area contributed by atoms with E-state index in [1.807, 2.05) is 0 Å². The minimum absolute atomic E-state index is 0.0356. The standard InChI is InChI=1S/C14H19ClFNO/c1-9(2)5-11-8-18-14(7-17-11)10-3-4-13(16)12(15)6-10/h3-4,6,9,11,14,17H,5,7-8H2,1-2H3. The van der Waals surface area contributed by atoms with Crippen LogP contribution < -0.4 is 5.32 Å². The Morgan fingerprint density at radius 2 is 2.28 bits per heavy atom. The molecule has 2 unspecified atom stereocenters. The summed E-state index contributed by atoms with van der Waals surface area (Å²) in [5, 5.41) is 3.62. The zero-order valence-corrected chi connectivity index (χ0v) is 11.5. The van der Waals surface area contributed by atoms with E-state index in [0.717, 1.165) is 18.5 Å². The number of ether oxygens (including phenoxy) is 1. The van der Waals surface area contributed by atoms with Crippen molar-refractivity contribution in [2.45, 2.75) is 32.4 Å². The zero-order valence-electron chi connectivity index (χ0n) is 10.7.